The van der Waals surface area contributed by atoms with Crippen LogP contribution in [-0.2, 0) is 0 Å². The minimum atomic E-state index is -0.589. The largest absolute Gasteiger partial charge is 0.489 e. The molecule has 0 saturated carbocycles. The number of hydrogen-bond donors (Lipinski definition) is 1. The summed E-state index contributed by atoms with van der Waals surface area (Å²) >= 11 is 5.81. The summed E-state index contributed by atoms with van der Waals surface area (Å²) in [5, 5.41) is 10.1. The molecule has 2 nitrogen and oxygen atoms in total. The van der Waals surface area contributed by atoms with Crippen molar-refractivity contribution in [2.45, 2.75) is 13.0 Å². The van der Waals surface area contributed by atoms with Gasteiger partial charge in [-0.1, -0.05) is 24.3 Å². The molecule has 0 unspecified atom stereocenters. The van der Waals surface area contributed by atoms with E-state index in [1.54, 1.807) is 31.2 Å². The van der Waals surface area contributed by atoms with Crippen LogP contribution in [0.3, 0.4) is 0 Å². The predicted molar refractivity (Wildman–Crippen MR) is 57.8 cm³/mol. The first-order valence-corrected chi connectivity index (χ1v) is 4.74. The van der Waals surface area contributed by atoms with E-state index in [0.29, 0.717) is 22.9 Å². The van der Waals surface area contributed by atoms with Crippen molar-refractivity contribution in [2.75, 3.05) is 6.61 Å². The van der Waals surface area contributed by atoms with Crippen LogP contribution < -0.4 is 4.74 Å². The van der Waals surface area contributed by atoms with E-state index in [1.807, 2.05) is 0 Å². The first-order valence-electron chi connectivity index (χ1n) is 4.36. The van der Waals surface area contributed by atoms with Gasteiger partial charge in [0, 0.05) is 10.6 Å². The molecule has 0 radical (unpaired) electrons. The summed E-state index contributed by atoms with van der Waals surface area (Å²) in [5.74, 6) is 0.643. The number of aliphatic hydroxyl groups excluding tert-OH is 1. The van der Waals surface area contributed by atoms with Gasteiger partial charge in [0.2, 0.25) is 0 Å². The maximum atomic E-state index is 9.46. The fraction of sp³-hybridized carbons (Fsp3) is 0.273. The van der Waals surface area contributed by atoms with Crippen molar-refractivity contribution in [1.82, 2.24) is 0 Å². The van der Waals surface area contributed by atoms with Crippen LogP contribution in [0.4, 0.5) is 0 Å². The Labute approximate surface area is 88.8 Å². The summed E-state index contributed by atoms with van der Waals surface area (Å²) in [4.78, 5) is 0. The maximum Gasteiger partial charge on any atom is 0.125 e. The van der Waals surface area contributed by atoms with Crippen LogP contribution in [0.25, 0.3) is 0 Å². The molecule has 1 aromatic rings. The Morgan fingerprint density at radius 1 is 1.64 bits per heavy atom. The zero-order valence-electron chi connectivity index (χ0n) is 8.03. The molecule has 0 saturated heterocycles. The third-order valence-corrected chi connectivity index (χ3v) is 2.01. The van der Waals surface area contributed by atoms with Gasteiger partial charge in [-0.25, -0.2) is 0 Å². The highest BCUT2D eigenvalue weighted by atomic mass is 35.5. The third kappa shape index (κ3) is 2.76. The molecule has 1 rings (SSSR count). The lowest BCUT2D eigenvalue weighted by Crippen LogP contribution is -2.00. The van der Waals surface area contributed by atoms with Crippen molar-refractivity contribution in [3.8, 4) is 5.75 Å². The van der Waals surface area contributed by atoms with E-state index >= 15 is 0 Å². The number of aliphatic hydroxyl groups is 1. The molecule has 0 aromatic heterocycles. The van der Waals surface area contributed by atoms with Gasteiger partial charge in [-0.2, -0.15) is 0 Å². The Morgan fingerprint density at radius 2 is 2.36 bits per heavy atom. The van der Waals surface area contributed by atoms with E-state index < -0.39 is 6.10 Å². The topological polar surface area (TPSA) is 29.5 Å². The van der Waals surface area contributed by atoms with Crippen LogP contribution in [0.2, 0.25) is 5.02 Å². The van der Waals surface area contributed by atoms with Crippen molar-refractivity contribution in [3.05, 3.63) is 41.4 Å². The highest BCUT2D eigenvalue weighted by Crippen LogP contribution is 2.28. The predicted octanol–water partition coefficient (Wildman–Crippen LogP) is 2.96. The molecule has 1 N–H and O–H groups in total. The molecular formula is C11H13ClO2. The van der Waals surface area contributed by atoms with E-state index in [4.69, 9.17) is 16.3 Å². The molecule has 14 heavy (non-hydrogen) atoms. The molecule has 0 heterocycles. The Kier molecular flexibility index (Phi) is 3.98. The lowest BCUT2D eigenvalue weighted by atomic mass is 10.1. The molecule has 76 valence electrons. The Hall–Kier alpha value is -0.990. The Balaban J connectivity index is 2.95. The Morgan fingerprint density at radius 3 is 2.93 bits per heavy atom. The lowest BCUT2D eigenvalue weighted by Gasteiger charge is -2.12. The van der Waals surface area contributed by atoms with Gasteiger partial charge < -0.3 is 9.84 Å². The number of halogens is 1. The SMILES string of the molecule is C=CCOc1ccc(Cl)cc1[C@H](C)O. The molecule has 0 aliphatic heterocycles. The van der Waals surface area contributed by atoms with E-state index in [9.17, 15) is 5.11 Å². The zero-order chi connectivity index (χ0) is 10.6. The minimum absolute atomic E-state index is 0.418. The molecule has 0 fully saturated rings. The summed E-state index contributed by atoms with van der Waals surface area (Å²) in [6.07, 6.45) is 1.06. The average molecular weight is 213 g/mol. The van der Waals surface area contributed by atoms with E-state index in [1.165, 1.54) is 0 Å². The van der Waals surface area contributed by atoms with Gasteiger partial charge in [0.1, 0.15) is 12.4 Å². The highest BCUT2D eigenvalue weighted by molar-refractivity contribution is 6.30. The maximum absolute atomic E-state index is 9.46. The minimum Gasteiger partial charge on any atom is -0.489 e. The average Bonchev–Trinajstić information content (AvgIpc) is 2.15. The second-order valence-electron chi connectivity index (χ2n) is 2.96. The van der Waals surface area contributed by atoms with E-state index in [0.717, 1.165) is 0 Å². The van der Waals surface area contributed by atoms with Crippen LogP contribution in [0.5, 0.6) is 5.75 Å². The summed E-state index contributed by atoms with van der Waals surface area (Å²) in [7, 11) is 0. The van der Waals surface area contributed by atoms with Gasteiger partial charge in [-0.3, -0.25) is 0 Å². The van der Waals surface area contributed by atoms with Gasteiger partial charge in [-0.15, -0.1) is 0 Å². The summed E-state index contributed by atoms with van der Waals surface area (Å²) in [6, 6.07) is 5.17. The monoisotopic (exact) mass is 212 g/mol. The van der Waals surface area contributed by atoms with Crippen LogP contribution in [-0.4, -0.2) is 11.7 Å². The fourth-order valence-electron chi connectivity index (χ4n) is 1.13. The Bertz CT molecular complexity index is 321. The van der Waals surface area contributed by atoms with Gasteiger partial charge in [-0.05, 0) is 25.1 Å². The quantitative estimate of drug-likeness (QED) is 0.778. The molecular weight excluding hydrogens is 200 g/mol. The lowest BCUT2D eigenvalue weighted by molar-refractivity contribution is 0.193. The molecule has 3 heteroatoms. The normalized spacial score (nSPS) is 12.2. The highest BCUT2D eigenvalue weighted by Gasteiger charge is 2.09. The molecule has 0 aliphatic rings. The first kappa shape index (κ1) is 11.1. The smallest absolute Gasteiger partial charge is 0.125 e. The number of ether oxygens (including phenoxy) is 1. The van der Waals surface area contributed by atoms with Gasteiger partial charge in [0.05, 0.1) is 6.10 Å². The standard InChI is InChI=1S/C11H13ClO2/c1-3-6-14-11-5-4-9(12)7-10(11)8(2)13/h3-5,7-8,13H,1,6H2,2H3/t8-/m0/s1. The number of rotatable bonds is 4. The van der Waals surface area contributed by atoms with Crippen molar-refractivity contribution < 1.29 is 9.84 Å². The molecule has 1 aromatic carbocycles. The van der Waals surface area contributed by atoms with Crippen molar-refractivity contribution in [3.63, 3.8) is 0 Å². The van der Waals surface area contributed by atoms with Crippen LogP contribution in [0, 0.1) is 0 Å². The zero-order valence-corrected chi connectivity index (χ0v) is 8.79. The molecule has 0 bridgehead atoms. The molecule has 0 spiro atoms. The second kappa shape index (κ2) is 5.03. The third-order valence-electron chi connectivity index (χ3n) is 1.78. The van der Waals surface area contributed by atoms with Crippen LogP contribution >= 0.6 is 11.6 Å². The molecule has 1 atom stereocenters. The molecule has 0 amide bonds. The summed E-state index contributed by atoms with van der Waals surface area (Å²) in [5.41, 5.74) is 0.694. The van der Waals surface area contributed by atoms with Crippen molar-refractivity contribution in [2.24, 2.45) is 0 Å². The molecule has 0 aliphatic carbocycles. The van der Waals surface area contributed by atoms with Gasteiger partial charge in [0.15, 0.2) is 0 Å². The summed E-state index contributed by atoms with van der Waals surface area (Å²) < 4.78 is 5.37. The fourth-order valence-corrected chi connectivity index (χ4v) is 1.31. The number of benzene rings is 1. The van der Waals surface area contributed by atoms with Crippen LogP contribution in [0.15, 0.2) is 30.9 Å². The van der Waals surface area contributed by atoms with Gasteiger partial charge >= 0.3 is 0 Å². The van der Waals surface area contributed by atoms with Crippen LogP contribution in [0.1, 0.15) is 18.6 Å². The van der Waals surface area contributed by atoms with Gasteiger partial charge in [0.25, 0.3) is 0 Å². The number of hydrogen-bond acceptors (Lipinski definition) is 2. The van der Waals surface area contributed by atoms with Crippen molar-refractivity contribution >= 4 is 11.6 Å². The van der Waals surface area contributed by atoms with E-state index in [2.05, 4.69) is 6.58 Å². The van der Waals surface area contributed by atoms with E-state index in [-0.39, 0.29) is 0 Å². The van der Waals surface area contributed by atoms with Crippen molar-refractivity contribution in [1.29, 1.82) is 0 Å². The first-order chi connectivity index (χ1) is 6.65. The summed E-state index contributed by atoms with van der Waals surface area (Å²) in [6.45, 7) is 5.65. The second-order valence-corrected chi connectivity index (χ2v) is 3.39.